The van der Waals surface area contributed by atoms with Gasteiger partial charge in [0, 0.05) is 12.1 Å². The lowest BCUT2D eigenvalue weighted by Gasteiger charge is -2.36. The van der Waals surface area contributed by atoms with E-state index >= 15 is 0 Å². The minimum atomic E-state index is 0.565. The summed E-state index contributed by atoms with van der Waals surface area (Å²) in [5, 5.41) is 3.66. The van der Waals surface area contributed by atoms with Crippen LogP contribution in [0.3, 0.4) is 0 Å². The summed E-state index contributed by atoms with van der Waals surface area (Å²) in [6.45, 7) is 3.82. The van der Waals surface area contributed by atoms with Crippen molar-refractivity contribution in [2.45, 2.75) is 37.8 Å². The van der Waals surface area contributed by atoms with Crippen molar-refractivity contribution >= 4 is 0 Å². The van der Waals surface area contributed by atoms with E-state index in [2.05, 4.69) is 40.5 Å². The molecular weight excluding hydrogens is 208 g/mol. The zero-order valence-corrected chi connectivity index (χ0v) is 10.4. The molecule has 0 aliphatic carbocycles. The first-order valence-electron chi connectivity index (χ1n) is 6.96. The van der Waals surface area contributed by atoms with E-state index in [1.54, 1.807) is 0 Å². The predicted octanol–water partition coefficient (Wildman–Crippen LogP) is 2.58. The Morgan fingerprint density at radius 1 is 1.06 bits per heavy atom. The maximum Gasteiger partial charge on any atom is 0.0335 e. The Morgan fingerprint density at radius 3 is 2.59 bits per heavy atom. The highest BCUT2D eigenvalue weighted by Crippen LogP contribution is 2.27. The lowest BCUT2D eigenvalue weighted by molar-refractivity contribution is 0.175. The van der Waals surface area contributed by atoms with Crippen molar-refractivity contribution in [2.75, 3.05) is 19.6 Å². The van der Waals surface area contributed by atoms with Gasteiger partial charge in [-0.25, -0.2) is 0 Å². The van der Waals surface area contributed by atoms with Crippen molar-refractivity contribution in [2.24, 2.45) is 0 Å². The third kappa shape index (κ3) is 2.53. The molecule has 2 atom stereocenters. The molecule has 2 heterocycles. The van der Waals surface area contributed by atoms with E-state index in [0.717, 1.165) is 6.04 Å². The molecular formula is C15H22N2. The number of nitrogens with zero attached hydrogens (tertiary/aromatic N) is 1. The molecule has 0 aromatic heterocycles. The molecule has 0 amide bonds. The molecule has 0 spiro atoms. The normalized spacial score (nSPS) is 30.6. The van der Waals surface area contributed by atoms with Crippen LogP contribution in [0, 0.1) is 0 Å². The number of hydrogen-bond donors (Lipinski definition) is 1. The quantitative estimate of drug-likeness (QED) is 0.840. The number of benzene rings is 1. The largest absolute Gasteiger partial charge is 0.310 e. The van der Waals surface area contributed by atoms with Crippen LogP contribution in [-0.2, 0) is 0 Å². The van der Waals surface area contributed by atoms with Crippen LogP contribution >= 0.6 is 0 Å². The van der Waals surface area contributed by atoms with E-state index < -0.39 is 0 Å². The highest BCUT2D eigenvalue weighted by molar-refractivity contribution is 5.19. The Labute approximate surface area is 104 Å². The van der Waals surface area contributed by atoms with Crippen molar-refractivity contribution in [1.82, 2.24) is 10.2 Å². The number of rotatable bonds is 2. The van der Waals surface area contributed by atoms with Gasteiger partial charge in [0.2, 0.25) is 0 Å². The van der Waals surface area contributed by atoms with Gasteiger partial charge in [0.05, 0.1) is 0 Å². The molecule has 0 saturated carbocycles. The summed E-state index contributed by atoms with van der Waals surface area (Å²) in [4.78, 5) is 2.71. The van der Waals surface area contributed by atoms with Crippen molar-refractivity contribution < 1.29 is 0 Å². The van der Waals surface area contributed by atoms with Gasteiger partial charge in [-0.15, -0.1) is 0 Å². The van der Waals surface area contributed by atoms with Gasteiger partial charge in [-0.2, -0.15) is 0 Å². The van der Waals surface area contributed by atoms with Crippen LogP contribution in [-0.4, -0.2) is 30.6 Å². The number of likely N-dealkylation sites (tertiary alicyclic amines) is 1. The van der Waals surface area contributed by atoms with Gasteiger partial charge in [0.1, 0.15) is 0 Å². The minimum absolute atomic E-state index is 0.565. The molecule has 2 nitrogen and oxygen atoms in total. The summed E-state index contributed by atoms with van der Waals surface area (Å²) in [7, 11) is 0. The van der Waals surface area contributed by atoms with Crippen molar-refractivity contribution in [1.29, 1.82) is 0 Å². The fraction of sp³-hybridized carbons (Fsp3) is 0.600. The van der Waals surface area contributed by atoms with Gasteiger partial charge in [-0.1, -0.05) is 30.3 Å². The van der Waals surface area contributed by atoms with Crippen molar-refractivity contribution in [3.8, 4) is 0 Å². The van der Waals surface area contributed by atoms with Crippen LogP contribution in [0.25, 0.3) is 0 Å². The topological polar surface area (TPSA) is 15.3 Å². The molecule has 17 heavy (non-hydrogen) atoms. The Hall–Kier alpha value is -0.860. The molecule has 3 rings (SSSR count). The number of hydrogen-bond acceptors (Lipinski definition) is 2. The average Bonchev–Trinajstić information content (AvgIpc) is 2.94. The Bertz CT molecular complexity index is 343. The maximum atomic E-state index is 3.66. The fourth-order valence-corrected chi connectivity index (χ4v) is 3.28. The first-order chi connectivity index (χ1) is 8.43. The van der Waals surface area contributed by atoms with Gasteiger partial charge < -0.3 is 10.2 Å². The molecule has 2 aliphatic rings. The Morgan fingerprint density at radius 2 is 1.82 bits per heavy atom. The van der Waals surface area contributed by atoms with E-state index in [0.29, 0.717) is 6.04 Å². The first kappa shape index (κ1) is 11.2. The maximum absolute atomic E-state index is 3.66. The summed E-state index contributed by atoms with van der Waals surface area (Å²) in [5.74, 6) is 0. The molecule has 1 aromatic carbocycles. The fourth-order valence-electron chi connectivity index (χ4n) is 3.28. The summed E-state index contributed by atoms with van der Waals surface area (Å²) in [6, 6.07) is 12.3. The van der Waals surface area contributed by atoms with E-state index in [9.17, 15) is 0 Å². The van der Waals surface area contributed by atoms with E-state index in [4.69, 9.17) is 0 Å². The molecule has 1 aromatic rings. The lowest BCUT2D eigenvalue weighted by atomic mass is 9.93. The van der Waals surface area contributed by atoms with E-state index in [-0.39, 0.29) is 0 Å². The summed E-state index contributed by atoms with van der Waals surface area (Å²) < 4.78 is 0. The zero-order valence-electron chi connectivity index (χ0n) is 10.4. The molecule has 92 valence electrons. The highest BCUT2D eigenvalue weighted by Gasteiger charge is 2.28. The molecule has 2 fully saturated rings. The van der Waals surface area contributed by atoms with Gasteiger partial charge in [0.25, 0.3) is 0 Å². The van der Waals surface area contributed by atoms with Crippen LogP contribution < -0.4 is 5.32 Å². The summed E-state index contributed by atoms with van der Waals surface area (Å²) >= 11 is 0. The minimum Gasteiger partial charge on any atom is -0.310 e. The molecule has 0 radical (unpaired) electrons. The standard InChI is InChI=1S/C15H22N2/c1-2-6-13(7-3-1)15-12-14(8-9-16-15)17-10-4-5-11-17/h1-3,6-7,14-16H,4-5,8-12H2. The van der Waals surface area contributed by atoms with Crippen molar-refractivity contribution in [3.05, 3.63) is 35.9 Å². The molecule has 2 heteroatoms. The zero-order chi connectivity index (χ0) is 11.5. The Balaban J connectivity index is 1.67. The third-order valence-electron chi connectivity index (χ3n) is 4.24. The molecule has 0 bridgehead atoms. The lowest BCUT2D eigenvalue weighted by Crippen LogP contribution is -2.43. The first-order valence-corrected chi connectivity index (χ1v) is 6.96. The van der Waals surface area contributed by atoms with Crippen LogP contribution in [0.4, 0.5) is 0 Å². The van der Waals surface area contributed by atoms with E-state index in [1.807, 2.05) is 0 Å². The van der Waals surface area contributed by atoms with Gasteiger partial charge in [0.15, 0.2) is 0 Å². The van der Waals surface area contributed by atoms with Crippen LogP contribution in [0.15, 0.2) is 30.3 Å². The smallest absolute Gasteiger partial charge is 0.0335 e. The third-order valence-corrected chi connectivity index (χ3v) is 4.24. The molecule has 2 saturated heterocycles. The second kappa shape index (κ2) is 5.19. The van der Waals surface area contributed by atoms with Gasteiger partial charge in [-0.3, -0.25) is 0 Å². The summed E-state index contributed by atoms with van der Waals surface area (Å²) in [6.07, 6.45) is 5.41. The van der Waals surface area contributed by atoms with Crippen LogP contribution in [0.5, 0.6) is 0 Å². The molecule has 2 aliphatic heterocycles. The Kier molecular flexibility index (Phi) is 3.44. The summed E-state index contributed by atoms with van der Waals surface area (Å²) in [5.41, 5.74) is 1.45. The SMILES string of the molecule is c1ccc(C2CC(N3CCCC3)CCN2)cc1. The molecule has 1 N–H and O–H groups in total. The second-order valence-electron chi connectivity index (χ2n) is 5.34. The van der Waals surface area contributed by atoms with Crippen LogP contribution in [0.2, 0.25) is 0 Å². The van der Waals surface area contributed by atoms with E-state index in [1.165, 1.54) is 50.9 Å². The van der Waals surface area contributed by atoms with Crippen LogP contribution in [0.1, 0.15) is 37.3 Å². The monoisotopic (exact) mass is 230 g/mol. The predicted molar refractivity (Wildman–Crippen MR) is 71.0 cm³/mol. The number of piperidine rings is 1. The highest BCUT2D eigenvalue weighted by atomic mass is 15.2. The van der Waals surface area contributed by atoms with Crippen molar-refractivity contribution in [3.63, 3.8) is 0 Å². The average molecular weight is 230 g/mol. The van der Waals surface area contributed by atoms with Gasteiger partial charge >= 0.3 is 0 Å². The molecule has 2 unspecified atom stereocenters. The van der Waals surface area contributed by atoms with Gasteiger partial charge in [-0.05, 0) is 50.9 Å². The number of nitrogens with one attached hydrogen (secondary N) is 1. The second-order valence-corrected chi connectivity index (χ2v) is 5.34.